The Morgan fingerprint density at radius 2 is 2.33 bits per heavy atom. The Labute approximate surface area is 59.0 Å². The summed E-state index contributed by atoms with van der Waals surface area (Å²) in [6.45, 7) is 0. The van der Waals surface area contributed by atoms with E-state index in [4.69, 9.17) is 11.8 Å². The zero-order valence-corrected chi connectivity index (χ0v) is 5.77. The smallest absolute Gasteiger partial charge is 0.241 e. The van der Waals surface area contributed by atoms with Crippen molar-refractivity contribution in [3.05, 3.63) is 12.3 Å². The molecule has 1 rings (SSSR count). The molecule has 0 aliphatic carbocycles. The minimum atomic E-state index is -0.0193. The van der Waals surface area contributed by atoms with Crippen molar-refractivity contribution in [2.45, 2.75) is 12.8 Å². The molecule has 0 radical (unpaired) electrons. The molecule has 0 saturated carbocycles. The summed E-state index contributed by atoms with van der Waals surface area (Å²) in [5.74, 6) is -0.0193. The van der Waals surface area contributed by atoms with Crippen molar-refractivity contribution >= 4 is 17.7 Å². The van der Waals surface area contributed by atoms with Crippen molar-refractivity contribution in [2.75, 3.05) is 0 Å². The van der Waals surface area contributed by atoms with E-state index >= 15 is 0 Å². The summed E-state index contributed by atoms with van der Waals surface area (Å²) in [5.41, 5.74) is 0. The summed E-state index contributed by atoms with van der Waals surface area (Å²) in [6, 6.07) is 0. The molecular weight excluding hydrogens is 140 g/mol. The third-order valence-electron chi connectivity index (χ3n) is 0.999. The number of carbonyl (C=O) groups excluding carboxylic acids is 1. The van der Waals surface area contributed by atoms with Gasteiger partial charge in [0, 0.05) is 24.4 Å². The van der Waals surface area contributed by atoms with Crippen molar-refractivity contribution < 1.29 is 4.79 Å². The van der Waals surface area contributed by atoms with Gasteiger partial charge in [-0.25, -0.2) is 4.42 Å². The standard InChI is InChI=1S/C5H6ClNO.H3N/c6-7-4-2-1-3-5(7)8;/h2,4H,1,3H2;1H3. The molecule has 0 atom stereocenters. The van der Waals surface area contributed by atoms with E-state index in [1.54, 1.807) is 6.20 Å². The number of rotatable bonds is 0. The highest BCUT2D eigenvalue weighted by molar-refractivity contribution is 6.22. The molecule has 1 aliphatic heterocycles. The van der Waals surface area contributed by atoms with Crippen LogP contribution in [0.3, 0.4) is 0 Å². The minimum absolute atomic E-state index is 0. The first kappa shape index (κ1) is 8.46. The average molecular weight is 149 g/mol. The highest BCUT2D eigenvalue weighted by Gasteiger charge is 2.09. The molecule has 1 heterocycles. The van der Waals surface area contributed by atoms with E-state index in [1.165, 1.54) is 0 Å². The molecule has 0 saturated heterocycles. The fourth-order valence-electron chi connectivity index (χ4n) is 0.564. The van der Waals surface area contributed by atoms with E-state index in [-0.39, 0.29) is 12.1 Å². The molecule has 0 aromatic rings. The first-order valence-corrected chi connectivity index (χ1v) is 2.79. The predicted molar refractivity (Wildman–Crippen MR) is 36.1 cm³/mol. The van der Waals surface area contributed by atoms with E-state index in [2.05, 4.69) is 0 Å². The molecule has 1 amide bonds. The molecule has 0 fully saturated rings. The second kappa shape index (κ2) is 3.48. The fourth-order valence-corrected chi connectivity index (χ4v) is 0.728. The zero-order valence-electron chi connectivity index (χ0n) is 5.01. The van der Waals surface area contributed by atoms with Crippen molar-refractivity contribution in [1.29, 1.82) is 0 Å². The topological polar surface area (TPSA) is 55.3 Å². The van der Waals surface area contributed by atoms with Crippen LogP contribution in [0.1, 0.15) is 12.8 Å². The van der Waals surface area contributed by atoms with Crippen LogP contribution in [0.5, 0.6) is 0 Å². The van der Waals surface area contributed by atoms with Crippen LogP contribution in [0, 0.1) is 0 Å². The van der Waals surface area contributed by atoms with Crippen LogP contribution in [-0.2, 0) is 4.79 Å². The molecule has 0 unspecified atom stereocenters. The number of hydrogen-bond acceptors (Lipinski definition) is 2. The normalized spacial score (nSPS) is 17.4. The monoisotopic (exact) mass is 148 g/mol. The fraction of sp³-hybridized carbons (Fsp3) is 0.400. The maximum atomic E-state index is 10.5. The van der Waals surface area contributed by atoms with Gasteiger partial charge in [-0.1, -0.05) is 6.08 Å². The highest BCUT2D eigenvalue weighted by Crippen LogP contribution is 2.08. The summed E-state index contributed by atoms with van der Waals surface area (Å²) in [7, 11) is 0. The van der Waals surface area contributed by atoms with E-state index in [9.17, 15) is 4.79 Å². The summed E-state index contributed by atoms with van der Waals surface area (Å²) in [4.78, 5) is 10.5. The van der Waals surface area contributed by atoms with E-state index in [0.29, 0.717) is 6.42 Å². The Bertz CT molecular complexity index is 135. The van der Waals surface area contributed by atoms with Crippen LogP contribution in [0.2, 0.25) is 0 Å². The van der Waals surface area contributed by atoms with E-state index < -0.39 is 0 Å². The maximum absolute atomic E-state index is 10.5. The Balaban J connectivity index is 0.000000640. The predicted octanol–water partition coefficient (Wildman–Crippen LogP) is 1.44. The lowest BCUT2D eigenvalue weighted by atomic mass is 10.2. The summed E-state index contributed by atoms with van der Waals surface area (Å²) in [5, 5.41) is 0. The minimum Gasteiger partial charge on any atom is -0.344 e. The first-order valence-electron chi connectivity index (χ1n) is 2.45. The molecular formula is C5H9ClN2O. The number of allylic oxidation sites excluding steroid dienone is 1. The third kappa shape index (κ3) is 2.03. The molecule has 3 nitrogen and oxygen atoms in total. The number of amides is 1. The molecule has 0 bridgehead atoms. The van der Waals surface area contributed by atoms with Gasteiger partial charge in [-0.2, -0.15) is 0 Å². The number of hydrogen-bond donors (Lipinski definition) is 1. The molecule has 4 heteroatoms. The van der Waals surface area contributed by atoms with Crippen molar-refractivity contribution in [3.8, 4) is 0 Å². The van der Waals surface area contributed by atoms with E-state index in [1.807, 2.05) is 6.08 Å². The zero-order chi connectivity index (χ0) is 5.98. The molecule has 0 spiro atoms. The third-order valence-corrected chi connectivity index (χ3v) is 1.30. The van der Waals surface area contributed by atoms with Gasteiger partial charge in [0.25, 0.3) is 0 Å². The molecule has 0 aromatic carbocycles. The maximum Gasteiger partial charge on any atom is 0.241 e. The van der Waals surface area contributed by atoms with Gasteiger partial charge < -0.3 is 6.15 Å². The van der Waals surface area contributed by atoms with Gasteiger partial charge in [-0.05, 0) is 6.42 Å². The molecule has 1 aliphatic rings. The Hall–Kier alpha value is -0.540. The van der Waals surface area contributed by atoms with Gasteiger partial charge in [-0.15, -0.1) is 0 Å². The summed E-state index contributed by atoms with van der Waals surface area (Å²) < 4.78 is 1.09. The number of halogens is 1. The van der Waals surface area contributed by atoms with Gasteiger partial charge in [-0.3, -0.25) is 4.79 Å². The molecule has 3 N–H and O–H groups in total. The Kier molecular flexibility index (Phi) is 3.27. The second-order valence-electron chi connectivity index (χ2n) is 1.63. The van der Waals surface area contributed by atoms with Crippen molar-refractivity contribution in [2.24, 2.45) is 0 Å². The van der Waals surface area contributed by atoms with Crippen LogP contribution < -0.4 is 6.15 Å². The number of carbonyl (C=O) groups is 1. The SMILES string of the molecule is N.O=C1CCC=CN1Cl. The first-order chi connectivity index (χ1) is 3.80. The van der Waals surface area contributed by atoms with E-state index in [0.717, 1.165) is 10.8 Å². The molecule has 0 aromatic heterocycles. The van der Waals surface area contributed by atoms with Crippen LogP contribution in [-0.4, -0.2) is 10.3 Å². The van der Waals surface area contributed by atoms with Crippen LogP contribution in [0.4, 0.5) is 0 Å². The lowest BCUT2D eigenvalue weighted by Gasteiger charge is -2.10. The van der Waals surface area contributed by atoms with Gasteiger partial charge >= 0.3 is 0 Å². The van der Waals surface area contributed by atoms with Gasteiger partial charge in [0.1, 0.15) is 0 Å². The quantitative estimate of drug-likeness (QED) is 0.529. The van der Waals surface area contributed by atoms with Gasteiger partial charge in [0.15, 0.2) is 0 Å². The van der Waals surface area contributed by atoms with Gasteiger partial charge in [0.05, 0.1) is 0 Å². The average Bonchev–Trinajstić information content (AvgIpc) is 1.77. The summed E-state index contributed by atoms with van der Waals surface area (Å²) >= 11 is 5.36. The largest absolute Gasteiger partial charge is 0.344 e. The lowest BCUT2D eigenvalue weighted by molar-refractivity contribution is -0.125. The van der Waals surface area contributed by atoms with Gasteiger partial charge in [0.2, 0.25) is 5.91 Å². The molecule has 52 valence electrons. The van der Waals surface area contributed by atoms with Crippen LogP contribution in [0.25, 0.3) is 0 Å². The lowest BCUT2D eigenvalue weighted by Crippen LogP contribution is -2.17. The number of nitrogens with zero attached hydrogens (tertiary/aromatic N) is 1. The molecule has 9 heavy (non-hydrogen) atoms. The highest BCUT2D eigenvalue weighted by atomic mass is 35.5. The van der Waals surface area contributed by atoms with Crippen LogP contribution in [0.15, 0.2) is 12.3 Å². The Morgan fingerprint density at radius 3 is 2.67 bits per heavy atom. The van der Waals surface area contributed by atoms with Crippen molar-refractivity contribution in [3.63, 3.8) is 0 Å². The second-order valence-corrected chi connectivity index (χ2v) is 1.99. The van der Waals surface area contributed by atoms with Crippen molar-refractivity contribution in [1.82, 2.24) is 10.6 Å². The Morgan fingerprint density at radius 1 is 1.67 bits per heavy atom. The van der Waals surface area contributed by atoms with Crippen LogP contribution >= 0.6 is 11.8 Å². The summed E-state index contributed by atoms with van der Waals surface area (Å²) in [6.07, 6.45) is 4.81.